The molecule has 1 saturated heterocycles. The van der Waals surface area contributed by atoms with E-state index in [0.29, 0.717) is 11.3 Å². The standard InChI is InChI=1S/C21H18F6N6O2/c22-20(23,24)19(28)6-8-33(11-19)17-15(16-5-7-30-32-16)9-12(10-29-17)18(34)31-13-1-3-14(4-2-13)35-21(25,26)27/h1-5,7,9-10H,6,8,11,28H2,(H,30,32)(H,31,34). The molecule has 1 fully saturated rings. The van der Waals surface area contributed by atoms with Crippen LogP contribution in [0.1, 0.15) is 16.8 Å². The van der Waals surface area contributed by atoms with Gasteiger partial charge in [0.2, 0.25) is 0 Å². The summed E-state index contributed by atoms with van der Waals surface area (Å²) in [4.78, 5) is 18.4. The van der Waals surface area contributed by atoms with Gasteiger partial charge in [-0.15, -0.1) is 13.2 Å². The largest absolute Gasteiger partial charge is 0.573 e. The Morgan fingerprint density at radius 1 is 1.14 bits per heavy atom. The van der Waals surface area contributed by atoms with Crippen LogP contribution in [0.15, 0.2) is 48.8 Å². The lowest BCUT2D eigenvalue weighted by molar-refractivity contribution is -0.274. The molecule has 1 aliphatic rings. The fourth-order valence-electron chi connectivity index (χ4n) is 3.63. The highest BCUT2D eigenvalue weighted by atomic mass is 19.4. The summed E-state index contributed by atoms with van der Waals surface area (Å²) in [6.45, 7) is -0.509. The van der Waals surface area contributed by atoms with Crippen molar-refractivity contribution in [1.29, 1.82) is 0 Å². The zero-order chi connectivity index (χ0) is 25.4. The van der Waals surface area contributed by atoms with E-state index in [1.54, 1.807) is 6.07 Å². The highest BCUT2D eigenvalue weighted by Gasteiger charge is 2.55. The Morgan fingerprint density at radius 2 is 1.86 bits per heavy atom. The summed E-state index contributed by atoms with van der Waals surface area (Å²) >= 11 is 0. The molecular weight excluding hydrogens is 482 g/mol. The Labute approximate surface area is 194 Å². The molecule has 186 valence electrons. The van der Waals surface area contributed by atoms with E-state index >= 15 is 0 Å². The Morgan fingerprint density at radius 3 is 2.43 bits per heavy atom. The maximum atomic E-state index is 13.4. The topological polar surface area (TPSA) is 109 Å². The molecule has 0 aliphatic carbocycles. The van der Waals surface area contributed by atoms with Gasteiger partial charge in [-0.25, -0.2) is 4.98 Å². The third kappa shape index (κ3) is 5.31. The second-order valence-electron chi connectivity index (χ2n) is 7.92. The Bertz CT molecular complexity index is 1200. The van der Waals surface area contributed by atoms with Gasteiger partial charge in [0.25, 0.3) is 5.91 Å². The van der Waals surface area contributed by atoms with E-state index in [1.165, 1.54) is 35.5 Å². The van der Waals surface area contributed by atoms with Gasteiger partial charge in [0.15, 0.2) is 0 Å². The molecule has 1 aliphatic heterocycles. The molecule has 4 N–H and O–H groups in total. The number of anilines is 2. The van der Waals surface area contributed by atoms with Crippen LogP contribution >= 0.6 is 0 Å². The van der Waals surface area contributed by atoms with Crippen LogP contribution in [0, 0.1) is 0 Å². The number of ether oxygens (including phenoxy) is 1. The lowest BCUT2D eigenvalue weighted by Gasteiger charge is -2.28. The first-order valence-electron chi connectivity index (χ1n) is 10.1. The fourth-order valence-corrected chi connectivity index (χ4v) is 3.63. The molecule has 14 heteroatoms. The summed E-state index contributed by atoms with van der Waals surface area (Å²) in [7, 11) is 0. The van der Waals surface area contributed by atoms with E-state index in [1.807, 2.05) is 0 Å². The third-order valence-corrected chi connectivity index (χ3v) is 5.43. The number of rotatable bonds is 5. The number of alkyl halides is 6. The molecule has 1 unspecified atom stereocenters. The van der Waals surface area contributed by atoms with Crippen LogP contribution in [-0.4, -0.2) is 52.3 Å². The number of amides is 1. The van der Waals surface area contributed by atoms with Crippen LogP contribution < -0.4 is 20.7 Å². The van der Waals surface area contributed by atoms with E-state index < -0.39 is 36.3 Å². The highest BCUT2D eigenvalue weighted by molar-refractivity contribution is 6.05. The number of carbonyl (C=O) groups excluding carboxylic acids is 1. The number of hydrogen-bond acceptors (Lipinski definition) is 6. The molecule has 1 atom stereocenters. The number of nitrogens with one attached hydrogen (secondary N) is 2. The average Bonchev–Trinajstić information content (AvgIpc) is 3.44. The van der Waals surface area contributed by atoms with Crippen molar-refractivity contribution in [2.24, 2.45) is 5.73 Å². The van der Waals surface area contributed by atoms with Crippen molar-refractivity contribution in [3.05, 3.63) is 54.4 Å². The van der Waals surface area contributed by atoms with E-state index in [9.17, 15) is 31.1 Å². The SMILES string of the molecule is NC1(C(F)(F)F)CCN(c2ncc(C(=O)Nc3ccc(OC(F)(F)F)cc3)cc2-c2ccn[nH]2)C1. The Balaban J connectivity index is 1.57. The molecule has 1 amide bonds. The highest BCUT2D eigenvalue weighted by Crippen LogP contribution is 2.39. The van der Waals surface area contributed by atoms with Crippen molar-refractivity contribution in [3.63, 3.8) is 0 Å². The Hall–Kier alpha value is -3.81. The molecular formula is C21H18F6N6O2. The number of pyridine rings is 1. The summed E-state index contributed by atoms with van der Waals surface area (Å²) in [6, 6.07) is 7.51. The number of nitrogens with zero attached hydrogens (tertiary/aromatic N) is 3. The Kier molecular flexibility index (Phi) is 6.09. The van der Waals surface area contributed by atoms with Crippen molar-refractivity contribution >= 4 is 17.4 Å². The van der Waals surface area contributed by atoms with Gasteiger partial charge in [0, 0.05) is 36.7 Å². The number of nitrogens with two attached hydrogens (primary N) is 1. The van der Waals surface area contributed by atoms with Crippen LogP contribution in [0.5, 0.6) is 5.75 Å². The predicted octanol–water partition coefficient (Wildman–Crippen LogP) is 4.09. The van der Waals surface area contributed by atoms with Crippen molar-refractivity contribution in [1.82, 2.24) is 15.2 Å². The van der Waals surface area contributed by atoms with E-state index in [0.717, 1.165) is 12.1 Å². The molecule has 35 heavy (non-hydrogen) atoms. The molecule has 1 aromatic carbocycles. The maximum Gasteiger partial charge on any atom is 0.573 e. The monoisotopic (exact) mass is 500 g/mol. The summed E-state index contributed by atoms with van der Waals surface area (Å²) in [5.41, 5.74) is 4.19. The zero-order valence-corrected chi connectivity index (χ0v) is 17.7. The van der Waals surface area contributed by atoms with Gasteiger partial charge in [0.1, 0.15) is 17.1 Å². The lowest BCUT2D eigenvalue weighted by Crippen LogP contribution is -2.55. The number of halogens is 6. The molecule has 0 spiro atoms. The van der Waals surface area contributed by atoms with Gasteiger partial charge >= 0.3 is 12.5 Å². The van der Waals surface area contributed by atoms with E-state index in [4.69, 9.17) is 5.73 Å². The van der Waals surface area contributed by atoms with Gasteiger partial charge < -0.3 is 20.7 Å². The van der Waals surface area contributed by atoms with Crippen molar-refractivity contribution < 1.29 is 35.9 Å². The minimum absolute atomic E-state index is 0.00202. The second kappa shape index (κ2) is 8.76. The summed E-state index contributed by atoms with van der Waals surface area (Å²) in [6.07, 6.45) is -7.15. The summed E-state index contributed by atoms with van der Waals surface area (Å²) < 4.78 is 80.8. The van der Waals surface area contributed by atoms with Gasteiger partial charge in [0.05, 0.1) is 11.3 Å². The third-order valence-electron chi connectivity index (χ3n) is 5.43. The summed E-state index contributed by atoms with van der Waals surface area (Å²) in [5.74, 6) is -0.904. The first kappa shape index (κ1) is 24.3. The first-order valence-corrected chi connectivity index (χ1v) is 10.1. The van der Waals surface area contributed by atoms with E-state index in [2.05, 4.69) is 25.2 Å². The molecule has 3 aromatic rings. The van der Waals surface area contributed by atoms with Crippen LogP contribution in [0.25, 0.3) is 11.3 Å². The average molecular weight is 500 g/mol. The van der Waals surface area contributed by atoms with Gasteiger partial charge in [-0.1, -0.05) is 0 Å². The number of hydrogen-bond donors (Lipinski definition) is 3. The number of H-pyrrole nitrogens is 1. The summed E-state index contributed by atoms with van der Waals surface area (Å²) in [5, 5.41) is 9.06. The number of carbonyl (C=O) groups is 1. The molecule has 0 radical (unpaired) electrons. The molecule has 3 heterocycles. The minimum atomic E-state index is -4.85. The number of aromatic nitrogens is 3. The lowest BCUT2D eigenvalue weighted by atomic mass is 10.00. The second-order valence-corrected chi connectivity index (χ2v) is 7.92. The molecule has 4 rings (SSSR count). The quantitative estimate of drug-likeness (QED) is 0.456. The predicted molar refractivity (Wildman–Crippen MR) is 113 cm³/mol. The van der Waals surface area contributed by atoms with Crippen LogP contribution in [0.4, 0.5) is 37.8 Å². The van der Waals surface area contributed by atoms with Gasteiger partial charge in [-0.3, -0.25) is 9.89 Å². The molecule has 0 bridgehead atoms. The fraction of sp³-hybridized carbons (Fsp3) is 0.286. The number of aromatic amines is 1. The molecule has 8 nitrogen and oxygen atoms in total. The van der Waals surface area contributed by atoms with Crippen LogP contribution in [0.3, 0.4) is 0 Å². The zero-order valence-electron chi connectivity index (χ0n) is 17.7. The molecule has 2 aromatic heterocycles. The van der Waals surface area contributed by atoms with Crippen molar-refractivity contribution in [2.75, 3.05) is 23.3 Å². The number of benzene rings is 1. The maximum absolute atomic E-state index is 13.4. The van der Waals surface area contributed by atoms with Crippen LogP contribution in [-0.2, 0) is 0 Å². The minimum Gasteiger partial charge on any atom is -0.406 e. The van der Waals surface area contributed by atoms with Gasteiger partial charge in [-0.2, -0.15) is 18.3 Å². The van der Waals surface area contributed by atoms with Crippen LogP contribution in [0.2, 0.25) is 0 Å². The van der Waals surface area contributed by atoms with Crippen molar-refractivity contribution in [3.8, 4) is 17.0 Å². The smallest absolute Gasteiger partial charge is 0.406 e. The van der Waals surface area contributed by atoms with E-state index in [-0.39, 0.29) is 30.0 Å². The first-order chi connectivity index (χ1) is 16.3. The van der Waals surface area contributed by atoms with Crippen molar-refractivity contribution in [2.45, 2.75) is 24.5 Å². The van der Waals surface area contributed by atoms with Gasteiger partial charge in [-0.05, 0) is 42.8 Å². The normalized spacial score (nSPS) is 18.5. The molecule has 0 saturated carbocycles.